The van der Waals surface area contributed by atoms with E-state index in [4.69, 9.17) is 5.11 Å². The Morgan fingerprint density at radius 2 is 1.74 bits per heavy atom. The quantitative estimate of drug-likeness (QED) is 0.678. The minimum absolute atomic E-state index is 0.0524. The summed E-state index contributed by atoms with van der Waals surface area (Å²) in [6, 6.07) is -0.0758. The topological polar surface area (TPSA) is 95.5 Å². The van der Waals surface area contributed by atoms with Gasteiger partial charge in [-0.1, -0.05) is 20.8 Å². The summed E-state index contributed by atoms with van der Waals surface area (Å²) in [7, 11) is 0. The van der Waals surface area contributed by atoms with Crippen LogP contribution in [0.15, 0.2) is 0 Å². The van der Waals surface area contributed by atoms with Crippen molar-refractivity contribution in [2.24, 2.45) is 11.3 Å². The van der Waals surface area contributed by atoms with Crippen LogP contribution in [0.3, 0.4) is 0 Å². The minimum atomic E-state index is -0.816. The van der Waals surface area contributed by atoms with Crippen LogP contribution in [-0.4, -0.2) is 35.5 Å². The summed E-state index contributed by atoms with van der Waals surface area (Å²) in [5.41, 5.74) is -0.108. The van der Waals surface area contributed by atoms with Crippen molar-refractivity contribution in [3.8, 4) is 0 Å². The van der Waals surface area contributed by atoms with E-state index in [1.54, 1.807) is 0 Å². The van der Waals surface area contributed by atoms with Crippen molar-refractivity contribution >= 4 is 17.8 Å². The molecule has 1 aliphatic rings. The third-order valence-corrected chi connectivity index (χ3v) is 2.99. The summed E-state index contributed by atoms with van der Waals surface area (Å²) >= 11 is 0. The number of hydrogen-bond acceptors (Lipinski definition) is 3. The van der Waals surface area contributed by atoms with Gasteiger partial charge in [0.1, 0.15) is 0 Å². The van der Waals surface area contributed by atoms with Crippen LogP contribution in [0.5, 0.6) is 0 Å². The van der Waals surface area contributed by atoms with Crippen LogP contribution in [0.1, 0.15) is 40.0 Å². The van der Waals surface area contributed by atoms with Crippen LogP contribution in [0.4, 0.5) is 0 Å². The zero-order valence-electron chi connectivity index (χ0n) is 11.7. The van der Waals surface area contributed by atoms with Crippen molar-refractivity contribution in [2.45, 2.75) is 46.1 Å². The number of carboxylic acid groups (broad SMARTS) is 1. The zero-order valence-corrected chi connectivity index (χ0v) is 11.7. The zero-order chi connectivity index (χ0) is 14.6. The van der Waals surface area contributed by atoms with Crippen LogP contribution >= 0.6 is 0 Å². The molecule has 0 atom stereocenters. The number of amides is 2. The molecule has 1 rings (SSSR count). The van der Waals surface area contributed by atoms with Gasteiger partial charge in [-0.05, 0) is 18.3 Å². The number of carboxylic acids is 1. The largest absolute Gasteiger partial charge is 0.481 e. The average molecular weight is 270 g/mol. The molecular formula is C13H22N2O4. The highest BCUT2D eigenvalue weighted by atomic mass is 16.4. The molecule has 0 aromatic carbocycles. The number of rotatable bonds is 5. The first-order valence-corrected chi connectivity index (χ1v) is 6.46. The van der Waals surface area contributed by atoms with E-state index in [2.05, 4.69) is 10.6 Å². The normalized spacial score (nSPS) is 22.3. The number of nitrogens with one attached hydrogen (secondary N) is 2. The van der Waals surface area contributed by atoms with Crippen LogP contribution in [-0.2, 0) is 14.4 Å². The molecule has 0 aromatic heterocycles. The van der Waals surface area contributed by atoms with Crippen LogP contribution in [0.2, 0.25) is 0 Å². The lowest BCUT2D eigenvalue weighted by molar-refractivity contribution is -0.146. The van der Waals surface area contributed by atoms with Gasteiger partial charge in [0.25, 0.3) is 0 Å². The first-order valence-electron chi connectivity index (χ1n) is 6.46. The maximum Gasteiger partial charge on any atom is 0.306 e. The third-order valence-electron chi connectivity index (χ3n) is 2.99. The smallest absolute Gasteiger partial charge is 0.306 e. The van der Waals surface area contributed by atoms with E-state index in [1.807, 2.05) is 20.8 Å². The molecule has 0 saturated heterocycles. The molecular weight excluding hydrogens is 248 g/mol. The van der Waals surface area contributed by atoms with Gasteiger partial charge in [0, 0.05) is 12.5 Å². The van der Waals surface area contributed by atoms with E-state index in [0.717, 1.165) is 0 Å². The molecule has 6 nitrogen and oxygen atoms in total. The van der Waals surface area contributed by atoms with Gasteiger partial charge in [0.15, 0.2) is 0 Å². The first kappa shape index (κ1) is 15.5. The Bertz CT molecular complexity index is 367. The molecule has 19 heavy (non-hydrogen) atoms. The van der Waals surface area contributed by atoms with Crippen molar-refractivity contribution in [3.05, 3.63) is 0 Å². The molecule has 1 fully saturated rings. The molecule has 2 amide bonds. The Kier molecular flexibility index (Phi) is 4.91. The lowest BCUT2D eigenvalue weighted by Crippen LogP contribution is -2.49. The van der Waals surface area contributed by atoms with Gasteiger partial charge >= 0.3 is 5.97 Å². The fourth-order valence-electron chi connectivity index (χ4n) is 1.94. The Balaban J connectivity index is 2.16. The maximum atomic E-state index is 11.5. The molecule has 0 aliphatic heterocycles. The monoisotopic (exact) mass is 270 g/mol. The molecule has 1 saturated carbocycles. The van der Waals surface area contributed by atoms with Gasteiger partial charge in [0.2, 0.25) is 11.8 Å². The predicted octanol–water partition coefficient (Wildman–Crippen LogP) is 0.518. The van der Waals surface area contributed by atoms with Gasteiger partial charge in [-0.3, -0.25) is 14.4 Å². The standard InChI is InChI=1S/C13H22N2O4/c1-13(2,3)6-10(16)14-7-11(17)15-9-4-8(5-9)12(18)19/h8-9H,4-7H2,1-3H3,(H,14,16)(H,15,17)(H,18,19). The fraction of sp³-hybridized carbons (Fsp3) is 0.769. The predicted molar refractivity (Wildman–Crippen MR) is 69.4 cm³/mol. The Hall–Kier alpha value is -1.59. The molecule has 0 spiro atoms. The maximum absolute atomic E-state index is 11.5. The second-order valence-electron chi connectivity index (χ2n) is 6.29. The van der Waals surface area contributed by atoms with E-state index in [1.165, 1.54) is 0 Å². The number of carbonyl (C=O) groups excluding carboxylic acids is 2. The Morgan fingerprint density at radius 3 is 2.21 bits per heavy atom. The van der Waals surface area contributed by atoms with Crippen molar-refractivity contribution in [3.63, 3.8) is 0 Å². The molecule has 0 unspecified atom stereocenters. The summed E-state index contributed by atoms with van der Waals surface area (Å²) in [6.45, 7) is 5.80. The highest BCUT2D eigenvalue weighted by molar-refractivity contribution is 5.85. The van der Waals surface area contributed by atoms with E-state index >= 15 is 0 Å². The summed E-state index contributed by atoms with van der Waals surface area (Å²) in [5.74, 6) is -1.58. The molecule has 3 N–H and O–H groups in total. The highest BCUT2D eigenvalue weighted by Gasteiger charge is 2.35. The molecule has 0 aromatic rings. The van der Waals surface area contributed by atoms with Crippen LogP contribution in [0.25, 0.3) is 0 Å². The molecule has 0 bridgehead atoms. The van der Waals surface area contributed by atoms with Crippen molar-refractivity contribution in [2.75, 3.05) is 6.54 Å². The lowest BCUT2D eigenvalue weighted by Gasteiger charge is -2.32. The van der Waals surface area contributed by atoms with Crippen molar-refractivity contribution in [1.29, 1.82) is 0 Å². The molecule has 6 heteroatoms. The highest BCUT2D eigenvalue weighted by Crippen LogP contribution is 2.27. The summed E-state index contributed by atoms with van der Waals surface area (Å²) in [5, 5.41) is 14.0. The van der Waals surface area contributed by atoms with Gasteiger partial charge < -0.3 is 15.7 Å². The number of carbonyl (C=O) groups is 3. The van der Waals surface area contributed by atoms with E-state index < -0.39 is 5.97 Å². The lowest BCUT2D eigenvalue weighted by atomic mass is 9.80. The molecule has 1 aliphatic carbocycles. The summed E-state index contributed by atoms with van der Waals surface area (Å²) in [4.78, 5) is 33.6. The van der Waals surface area contributed by atoms with E-state index in [9.17, 15) is 14.4 Å². The fourth-order valence-corrected chi connectivity index (χ4v) is 1.94. The first-order chi connectivity index (χ1) is 8.67. The molecule has 108 valence electrons. The molecule has 0 heterocycles. The number of hydrogen-bond donors (Lipinski definition) is 3. The van der Waals surface area contributed by atoms with E-state index in [0.29, 0.717) is 19.3 Å². The third kappa shape index (κ3) is 5.72. The van der Waals surface area contributed by atoms with Gasteiger partial charge in [-0.2, -0.15) is 0 Å². The average Bonchev–Trinajstić information content (AvgIpc) is 2.16. The van der Waals surface area contributed by atoms with Crippen LogP contribution < -0.4 is 10.6 Å². The Labute approximate surface area is 112 Å². The van der Waals surface area contributed by atoms with Gasteiger partial charge in [0.05, 0.1) is 12.5 Å². The summed E-state index contributed by atoms with van der Waals surface area (Å²) in [6.07, 6.45) is 1.30. The van der Waals surface area contributed by atoms with Crippen molar-refractivity contribution < 1.29 is 19.5 Å². The Morgan fingerprint density at radius 1 is 1.16 bits per heavy atom. The number of aliphatic carboxylic acids is 1. The summed E-state index contributed by atoms with van der Waals surface area (Å²) < 4.78 is 0. The second-order valence-corrected chi connectivity index (χ2v) is 6.29. The minimum Gasteiger partial charge on any atom is -0.481 e. The molecule has 0 radical (unpaired) electrons. The SMILES string of the molecule is CC(C)(C)CC(=O)NCC(=O)NC1CC(C(=O)O)C1. The van der Waals surface area contributed by atoms with Crippen LogP contribution in [0, 0.1) is 11.3 Å². The second kappa shape index (κ2) is 6.04. The van der Waals surface area contributed by atoms with E-state index in [-0.39, 0.29) is 35.7 Å². The van der Waals surface area contributed by atoms with Gasteiger partial charge in [-0.25, -0.2) is 0 Å². The van der Waals surface area contributed by atoms with Gasteiger partial charge in [-0.15, -0.1) is 0 Å². The van der Waals surface area contributed by atoms with Crippen molar-refractivity contribution in [1.82, 2.24) is 10.6 Å².